The van der Waals surface area contributed by atoms with E-state index in [1.807, 2.05) is 44.2 Å². The molecule has 1 amide bonds. The van der Waals surface area contributed by atoms with Crippen molar-refractivity contribution in [1.29, 1.82) is 0 Å². The lowest BCUT2D eigenvalue weighted by molar-refractivity contribution is -0.121. The molecule has 1 aromatic carbocycles. The van der Waals surface area contributed by atoms with Crippen LogP contribution in [0.1, 0.15) is 25.8 Å². The van der Waals surface area contributed by atoms with Crippen molar-refractivity contribution in [3.8, 4) is 0 Å². The molecule has 0 aliphatic carbocycles. The van der Waals surface area contributed by atoms with Crippen LogP contribution in [-0.4, -0.2) is 38.0 Å². The maximum absolute atomic E-state index is 11.8. The molecular formula is C15H24N2O3S. The zero-order chi connectivity index (χ0) is 15.9. The second-order valence-electron chi connectivity index (χ2n) is 5.53. The molecule has 0 spiro atoms. The van der Waals surface area contributed by atoms with Gasteiger partial charge in [-0.25, -0.2) is 8.42 Å². The van der Waals surface area contributed by atoms with Crippen molar-refractivity contribution in [1.82, 2.24) is 9.62 Å². The fourth-order valence-corrected chi connectivity index (χ4v) is 2.72. The normalized spacial score (nSPS) is 11.9. The van der Waals surface area contributed by atoms with Crippen LogP contribution in [0.3, 0.4) is 0 Å². The van der Waals surface area contributed by atoms with Crippen molar-refractivity contribution in [2.75, 3.05) is 19.3 Å². The molecule has 5 nitrogen and oxygen atoms in total. The molecule has 0 radical (unpaired) electrons. The molecule has 0 aliphatic rings. The number of benzene rings is 1. The highest BCUT2D eigenvalue weighted by Crippen LogP contribution is 2.07. The van der Waals surface area contributed by atoms with Crippen LogP contribution in [0.5, 0.6) is 0 Å². The molecular weight excluding hydrogens is 288 g/mol. The van der Waals surface area contributed by atoms with Crippen LogP contribution >= 0.6 is 0 Å². The first kappa shape index (κ1) is 17.7. The van der Waals surface area contributed by atoms with Crippen LogP contribution in [0.25, 0.3) is 0 Å². The van der Waals surface area contributed by atoms with Crippen LogP contribution in [0.4, 0.5) is 0 Å². The molecule has 0 unspecified atom stereocenters. The van der Waals surface area contributed by atoms with Gasteiger partial charge in [0.1, 0.15) is 0 Å². The molecule has 0 fully saturated rings. The largest absolute Gasteiger partial charge is 0.355 e. The van der Waals surface area contributed by atoms with Gasteiger partial charge < -0.3 is 5.32 Å². The summed E-state index contributed by atoms with van der Waals surface area (Å²) < 4.78 is 25.0. The van der Waals surface area contributed by atoms with E-state index in [0.717, 1.165) is 5.56 Å². The lowest BCUT2D eigenvalue weighted by atomic mass is 10.1. The number of carbonyl (C=O) groups excluding carboxylic acids is 1. The smallest absolute Gasteiger partial charge is 0.220 e. The first-order chi connectivity index (χ1) is 9.79. The molecule has 0 atom stereocenters. The Kier molecular flexibility index (Phi) is 6.84. The van der Waals surface area contributed by atoms with Crippen LogP contribution < -0.4 is 5.32 Å². The second kappa shape index (κ2) is 8.14. The molecule has 1 aromatic rings. The van der Waals surface area contributed by atoms with E-state index >= 15 is 0 Å². The summed E-state index contributed by atoms with van der Waals surface area (Å²) in [5.41, 5.74) is 0.927. The summed E-state index contributed by atoms with van der Waals surface area (Å²) in [4.78, 5) is 11.6. The molecule has 1 N–H and O–H groups in total. The van der Waals surface area contributed by atoms with Gasteiger partial charge in [0.25, 0.3) is 0 Å². The molecule has 21 heavy (non-hydrogen) atoms. The van der Waals surface area contributed by atoms with E-state index in [0.29, 0.717) is 25.4 Å². The fraction of sp³-hybridized carbons (Fsp3) is 0.533. The lowest BCUT2D eigenvalue weighted by Gasteiger charge is -2.20. The van der Waals surface area contributed by atoms with Gasteiger partial charge >= 0.3 is 0 Å². The maximum Gasteiger partial charge on any atom is 0.220 e. The number of amides is 1. The Hall–Kier alpha value is -1.40. The van der Waals surface area contributed by atoms with Crippen molar-refractivity contribution in [2.45, 2.75) is 26.8 Å². The summed E-state index contributed by atoms with van der Waals surface area (Å²) in [5, 5.41) is 2.76. The highest BCUT2D eigenvalue weighted by molar-refractivity contribution is 7.88. The molecule has 0 saturated carbocycles. The lowest BCUT2D eigenvalue weighted by Crippen LogP contribution is -2.37. The van der Waals surface area contributed by atoms with Gasteiger partial charge in [-0.15, -0.1) is 0 Å². The Morgan fingerprint density at radius 3 is 2.38 bits per heavy atom. The van der Waals surface area contributed by atoms with Crippen LogP contribution in [-0.2, 0) is 21.4 Å². The molecule has 0 heterocycles. The monoisotopic (exact) mass is 312 g/mol. The predicted octanol–water partition coefficient (Wildman–Crippen LogP) is 1.61. The van der Waals surface area contributed by atoms with Crippen LogP contribution in [0.15, 0.2) is 30.3 Å². The number of hydrogen-bond donors (Lipinski definition) is 1. The summed E-state index contributed by atoms with van der Waals surface area (Å²) >= 11 is 0. The molecule has 0 saturated heterocycles. The van der Waals surface area contributed by atoms with Gasteiger partial charge in [0.2, 0.25) is 15.9 Å². The van der Waals surface area contributed by atoms with Crippen molar-refractivity contribution >= 4 is 15.9 Å². The van der Waals surface area contributed by atoms with E-state index in [1.54, 1.807) is 0 Å². The number of nitrogens with zero attached hydrogens (tertiary/aromatic N) is 1. The molecule has 0 aromatic heterocycles. The van der Waals surface area contributed by atoms with E-state index in [4.69, 9.17) is 0 Å². The van der Waals surface area contributed by atoms with Gasteiger partial charge in [-0.3, -0.25) is 4.79 Å². The molecule has 6 heteroatoms. The third kappa shape index (κ3) is 7.24. The van der Waals surface area contributed by atoms with Gasteiger partial charge in [0.05, 0.1) is 6.26 Å². The van der Waals surface area contributed by atoms with Gasteiger partial charge in [-0.2, -0.15) is 4.31 Å². The third-order valence-corrected chi connectivity index (χ3v) is 4.20. The molecule has 0 bridgehead atoms. The second-order valence-corrected chi connectivity index (χ2v) is 7.51. The summed E-state index contributed by atoms with van der Waals surface area (Å²) in [6, 6.07) is 9.41. The van der Waals surface area contributed by atoms with E-state index < -0.39 is 10.0 Å². The van der Waals surface area contributed by atoms with Gasteiger partial charge in [-0.05, 0) is 11.5 Å². The molecule has 0 aliphatic heterocycles. The van der Waals surface area contributed by atoms with Gasteiger partial charge in [0, 0.05) is 26.1 Å². The summed E-state index contributed by atoms with van der Waals surface area (Å²) in [6.45, 7) is 4.86. The number of nitrogens with one attached hydrogen (secondary N) is 1. The minimum Gasteiger partial charge on any atom is -0.355 e. The third-order valence-electron chi connectivity index (χ3n) is 2.95. The summed E-state index contributed by atoms with van der Waals surface area (Å²) in [5.74, 6) is 0.249. The SMILES string of the molecule is CC(C)CC(=O)NCCN(Cc1ccccc1)S(C)(=O)=O. The summed E-state index contributed by atoms with van der Waals surface area (Å²) in [7, 11) is -3.30. The Labute approximate surface area is 127 Å². The first-order valence-corrected chi connectivity index (χ1v) is 8.89. The van der Waals surface area contributed by atoms with E-state index in [-0.39, 0.29) is 12.5 Å². The van der Waals surface area contributed by atoms with E-state index in [1.165, 1.54) is 10.6 Å². The molecule has 1 rings (SSSR count). The number of carbonyl (C=O) groups is 1. The highest BCUT2D eigenvalue weighted by atomic mass is 32.2. The average molecular weight is 312 g/mol. The Bertz CT molecular complexity index is 541. The zero-order valence-electron chi connectivity index (χ0n) is 12.9. The van der Waals surface area contributed by atoms with Crippen LogP contribution in [0.2, 0.25) is 0 Å². The van der Waals surface area contributed by atoms with E-state index in [2.05, 4.69) is 5.32 Å². The number of sulfonamides is 1. The van der Waals surface area contributed by atoms with Gasteiger partial charge in [-0.1, -0.05) is 44.2 Å². The van der Waals surface area contributed by atoms with Crippen molar-refractivity contribution in [3.63, 3.8) is 0 Å². The first-order valence-electron chi connectivity index (χ1n) is 7.05. The van der Waals surface area contributed by atoms with Crippen molar-refractivity contribution in [2.24, 2.45) is 5.92 Å². The van der Waals surface area contributed by atoms with Crippen molar-refractivity contribution in [3.05, 3.63) is 35.9 Å². The average Bonchev–Trinajstić information content (AvgIpc) is 2.36. The minimum absolute atomic E-state index is 0.0434. The Morgan fingerprint density at radius 2 is 1.86 bits per heavy atom. The standard InChI is InChI=1S/C15H24N2O3S/c1-13(2)11-15(18)16-9-10-17(21(3,19)20)12-14-7-5-4-6-8-14/h4-8,13H,9-12H2,1-3H3,(H,16,18). The Balaban J connectivity index is 2.54. The van der Waals surface area contributed by atoms with Crippen LogP contribution in [0, 0.1) is 5.92 Å². The van der Waals surface area contributed by atoms with Gasteiger partial charge in [0.15, 0.2) is 0 Å². The molecule has 118 valence electrons. The summed E-state index contributed by atoms with van der Waals surface area (Å²) in [6.07, 6.45) is 1.64. The predicted molar refractivity (Wildman–Crippen MR) is 84.2 cm³/mol. The topological polar surface area (TPSA) is 66.5 Å². The maximum atomic E-state index is 11.8. The van der Waals surface area contributed by atoms with Crippen molar-refractivity contribution < 1.29 is 13.2 Å². The van der Waals surface area contributed by atoms with E-state index in [9.17, 15) is 13.2 Å². The number of hydrogen-bond acceptors (Lipinski definition) is 3. The highest BCUT2D eigenvalue weighted by Gasteiger charge is 2.17. The Morgan fingerprint density at radius 1 is 1.24 bits per heavy atom. The fourth-order valence-electron chi connectivity index (χ4n) is 1.91. The zero-order valence-corrected chi connectivity index (χ0v) is 13.7. The number of rotatable bonds is 8. The minimum atomic E-state index is -3.30. The quantitative estimate of drug-likeness (QED) is 0.793.